The maximum Gasteiger partial charge on any atom is 0.195 e. The van der Waals surface area contributed by atoms with Crippen LogP contribution in [0.4, 0.5) is 0 Å². The molecule has 0 amide bonds. The summed E-state index contributed by atoms with van der Waals surface area (Å²) in [6.45, 7) is 2.08. The Morgan fingerprint density at radius 1 is 0.769 bits per heavy atom. The molecule has 0 fully saturated rings. The van der Waals surface area contributed by atoms with Crippen LogP contribution in [-0.2, 0) is 4.74 Å². The SMILES string of the molecule is COC.Cc1ccccc1.O=C(c1ccccc1)C(O)c1ccccc1. The van der Waals surface area contributed by atoms with E-state index in [0.29, 0.717) is 11.1 Å². The summed E-state index contributed by atoms with van der Waals surface area (Å²) in [5.74, 6) is -0.271. The Hall–Kier alpha value is -2.75. The largest absolute Gasteiger partial charge is 0.388 e. The standard InChI is InChI=1S/C14H12O2.C7H8.C2H6O/c15-13(11-7-3-1-4-8-11)14(16)12-9-5-2-6-10-12;1-7-5-3-2-4-6-7;1-3-2/h1-10,13,15H;2-6H,1H3;1-2H3. The lowest BCUT2D eigenvalue weighted by Gasteiger charge is -2.09. The maximum atomic E-state index is 11.9. The molecular weight excluding hydrogens is 324 g/mol. The summed E-state index contributed by atoms with van der Waals surface area (Å²) in [7, 11) is 3.25. The molecule has 0 saturated heterocycles. The molecule has 0 aromatic heterocycles. The number of ether oxygens (including phenoxy) is 1. The van der Waals surface area contributed by atoms with Crippen molar-refractivity contribution in [3.05, 3.63) is 108 Å². The Balaban J connectivity index is 0.000000280. The van der Waals surface area contributed by atoms with Crippen LogP contribution < -0.4 is 0 Å². The first kappa shape index (κ1) is 21.3. The third-order valence-corrected chi connectivity index (χ3v) is 3.36. The Morgan fingerprint density at radius 2 is 1.15 bits per heavy atom. The predicted molar refractivity (Wildman–Crippen MR) is 106 cm³/mol. The van der Waals surface area contributed by atoms with Gasteiger partial charge in [-0.3, -0.25) is 4.79 Å². The maximum absolute atomic E-state index is 11.9. The Kier molecular flexibility index (Phi) is 10.3. The van der Waals surface area contributed by atoms with Gasteiger partial charge in [0.1, 0.15) is 6.10 Å². The lowest BCUT2D eigenvalue weighted by atomic mass is 10.0. The van der Waals surface area contributed by atoms with Gasteiger partial charge in [-0.05, 0) is 12.5 Å². The van der Waals surface area contributed by atoms with E-state index in [9.17, 15) is 9.90 Å². The number of carbonyl (C=O) groups is 1. The minimum absolute atomic E-state index is 0.271. The van der Waals surface area contributed by atoms with Crippen LogP contribution in [0.15, 0.2) is 91.0 Å². The summed E-state index contributed by atoms with van der Waals surface area (Å²) in [6.07, 6.45) is -1.08. The molecule has 0 heterocycles. The molecule has 0 aliphatic rings. The van der Waals surface area contributed by atoms with Gasteiger partial charge in [0.25, 0.3) is 0 Å². The Morgan fingerprint density at radius 3 is 1.54 bits per heavy atom. The van der Waals surface area contributed by atoms with Crippen LogP contribution in [0.5, 0.6) is 0 Å². The zero-order valence-corrected chi connectivity index (χ0v) is 15.5. The van der Waals surface area contributed by atoms with E-state index in [1.807, 2.05) is 30.3 Å². The van der Waals surface area contributed by atoms with Crippen molar-refractivity contribution >= 4 is 5.78 Å². The number of aliphatic hydroxyl groups is 1. The third kappa shape index (κ3) is 7.88. The number of methoxy groups -OCH3 is 1. The number of Topliss-reactive ketones (excluding diaryl/α,β-unsaturated/α-hetero) is 1. The first-order valence-electron chi connectivity index (χ1n) is 8.34. The quantitative estimate of drug-likeness (QED) is 0.686. The van der Waals surface area contributed by atoms with Gasteiger partial charge < -0.3 is 9.84 Å². The average Bonchev–Trinajstić information content (AvgIpc) is 2.70. The number of hydrogen-bond donors (Lipinski definition) is 1. The van der Waals surface area contributed by atoms with Gasteiger partial charge in [-0.15, -0.1) is 0 Å². The minimum Gasteiger partial charge on any atom is -0.388 e. The van der Waals surface area contributed by atoms with Crippen molar-refractivity contribution in [1.82, 2.24) is 0 Å². The fraction of sp³-hybridized carbons (Fsp3) is 0.174. The molecule has 0 aliphatic carbocycles. The fourth-order valence-electron chi connectivity index (χ4n) is 2.08. The molecule has 0 spiro atoms. The molecule has 0 aliphatic heterocycles. The molecule has 3 heteroatoms. The topological polar surface area (TPSA) is 46.5 Å². The van der Waals surface area contributed by atoms with Gasteiger partial charge in [0, 0.05) is 19.8 Å². The third-order valence-electron chi connectivity index (χ3n) is 3.36. The summed E-state index contributed by atoms with van der Waals surface area (Å²) >= 11 is 0. The van der Waals surface area contributed by atoms with Gasteiger partial charge in [0.15, 0.2) is 5.78 Å². The highest BCUT2D eigenvalue weighted by molar-refractivity contribution is 5.99. The number of benzene rings is 3. The lowest BCUT2D eigenvalue weighted by Crippen LogP contribution is -2.11. The number of carbonyl (C=O) groups excluding carboxylic acids is 1. The van der Waals surface area contributed by atoms with Crippen LogP contribution in [0.2, 0.25) is 0 Å². The van der Waals surface area contributed by atoms with Crippen molar-refractivity contribution in [2.24, 2.45) is 0 Å². The first-order chi connectivity index (χ1) is 12.6. The van der Waals surface area contributed by atoms with E-state index in [1.165, 1.54) is 5.56 Å². The van der Waals surface area contributed by atoms with E-state index in [0.717, 1.165) is 0 Å². The van der Waals surface area contributed by atoms with E-state index < -0.39 is 6.10 Å². The second kappa shape index (κ2) is 12.6. The van der Waals surface area contributed by atoms with Crippen molar-refractivity contribution in [3.8, 4) is 0 Å². The van der Waals surface area contributed by atoms with E-state index in [1.54, 1.807) is 62.8 Å². The monoisotopic (exact) mass is 350 g/mol. The fourth-order valence-corrected chi connectivity index (χ4v) is 2.08. The zero-order chi connectivity index (χ0) is 19.2. The van der Waals surface area contributed by atoms with Crippen molar-refractivity contribution < 1.29 is 14.6 Å². The summed E-state index contributed by atoms with van der Waals surface area (Å²) in [6, 6.07) is 28.0. The van der Waals surface area contributed by atoms with E-state index in [4.69, 9.17) is 0 Å². The van der Waals surface area contributed by atoms with Gasteiger partial charge in [0.05, 0.1) is 0 Å². The first-order valence-corrected chi connectivity index (χ1v) is 8.34. The minimum atomic E-state index is -1.08. The Bertz CT molecular complexity index is 725. The molecule has 1 N–H and O–H groups in total. The average molecular weight is 350 g/mol. The number of aliphatic hydroxyl groups excluding tert-OH is 1. The van der Waals surface area contributed by atoms with Gasteiger partial charge in [-0.1, -0.05) is 96.6 Å². The summed E-state index contributed by atoms with van der Waals surface area (Å²) in [4.78, 5) is 11.9. The summed E-state index contributed by atoms with van der Waals surface area (Å²) in [5.41, 5.74) is 2.47. The summed E-state index contributed by atoms with van der Waals surface area (Å²) < 4.78 is 4.25. The van der Waals surface area contributed by atoms with Gasteiger partial charge in [-0.2, -0.15) is 0 Å². The molecule has 3 aromatic carbocycles. The normalized spacial score (nSPS) is 10.5. The molecule has 1 atom stereocenters. The zero-order valence-electron chi connectivity index (χ0n) is 15.5. The van der Waals surface area contributed by atoms with E-state index in [2.05, 4.69) is 23.8 Å². The number of aryl methyl sites for hydroxylation is 1. The van der Waals surface area contributed by atoms with Gasteiger partial charge in [0.2, 0.25) is 0 Å². The van der Waals surface area contributed by atoms with Crippen molar-refractivity contribution in [1.29, 1.82) is 0 Å². The predicted octanol–water partition coefficient (Wildman–Crippen LogP) is 4.86. The number of ketones is 1. The van der Waals surface area contributed by atoms with Crippen molar-refractivity contribution in [2.45, 2.75) is 13.0 Å². The molecule has 3 rings (SSSR count). The second-order valence-electron chi connectivity index (χ2n) is 5.61. The second-order valence-corrected chi connectivity index (χ2v) is 5.61. The van der Waals surface area contributed by atoms with Crippen LogP contribution in [0, 0.1) is 6.92 Å². The molecule has 0 saturated carbocycles. The summed E-state index contributed by atoms with van der Waals surface area (Å²) in [5, 5.41) is 9.89. The highest BCUT2D eigenvalue weighted by Gasteiger charge is 2.18. The molecule has 0 radical (unpaired) electrons. The molecule has 3 nitrogen and oxygen atoms in total. The van der Waals surface area contributed by atoms with Gasteiger partial charge >= 0.3 is 0 Å². The highest BCUT2D eigenvalue weighted by atomic mass is 16.4. The molecule has 0 bridgehead atoms. The van der Waals surface area contributed by atoms with Crippen LogP contribution in [0.25, 0.3) is 0 Å². The smallest absolute Gasteiger partial charge is 0.195 e. The van der Waals surface area contributed by atoms with Crippen molar-refractivity contribution in [2.75, 3.05) is 14.2 Å². The van der Waals surface area contributed by atoms with E-state index in [-0.39, 0.29) is 5.78 Å². The lowest BCUT2D eigenvalue weighted by molar-refractivity contribution is 0.0747. The van der Waals surface area contributed by atoms with E-state index >= 15 is 0 Å². The van der Waals surface area contributed by atoms with Crippen LogP contribution in [0.1, 0.15) is 27.6 Å². The van der Waals surface area contributed by atoms with Crippen LogP contribution >= 0.6 is 0 Å². The highest BCUT2D eigenvalue weighted by Crippen LogP contribution is 2.17. The number of hydrogen-bond acceptors (Lipinski definition) is 3. The van der Waals surface area contributed by atoms with Gasteiger partial charge in [-0.25, -0.2) is 0 Å². The number of rotatable bonds is 3. The molecule has 1 unspecified atom stereocenters. The van der Waals surface area contributed by atoms with Crippen LogP contribution in [-0.4, -0.2) is 25.1 Å². The Labute approximate surface area is 155 Å². The van der Waals surface area contributed by atoms with Crippen LogP contribution in [0.3, 0.4) is 0 Å². The molecule has 26 heavy (non-hydrogen) atoms. The van der Waals surface area contributed by atoms with Crippen molar-refractivity contribution in [3.63, 3.8) is 0 Å². The molecular formula is C23H26O3. The molecule has 3 aromatic rings. The molecule has 136 valence electrons.